The molecule has 2 atom stereocenters. The van der Waals surface area contributed by atoms with E-state index < -0.39 is 0 Å². The average molecular weight is 393 g/mol. The number of aromatic nitrogens is 1. The van der Waals surface area contributed by atoms with Gasteiger partial charge in [-0.15, -0.1) is 0 Å². The molecule has 0 spiro atoms. The Labute approximate surface area is 171 Å². The molecule has 4 rings (SSSR count). The number of carbonyl (C=O) groups is 2. The molecule has 3 heterocycles. The normalized spacial score (nSPS) is 22.9. The molecule has 0 aliphatic carbocycles. The third-order valence-electron chi connectivity index (χ3n) is 6.06. The Kier molecular flexibility index (Phi) is 5.79. The molecule has 2 aromatic rings. The predicted octanol–water partition coefficient (Wildman–Crippen LogP) is 2.97. The number of benzene rings is 1. The first-order valence-corrected chi connectivity index (χ1v) is 10.3. The summed E-state index contributed by atoms with van der Waals surface area (Å²) in [6.45, 7) is 0. The van der Waals surface area contributed by atoms with Gasteiger partial charge in [-0.3, -0.25) is 14.6 Å². The van der Waals surface area contributed by atoms with Crippen LogP contribution in [0.15, 0.2) is 48.8 Å². The summed E-state index contributed by atoms with van der Waals surface area (Å²) in [4.78, 5) is 31.4. The van der Waals surface area contributed by atoms with E-state index in [0.29, 0.717) is 18.4 Å². The highest BCUT2D eigenvalue weighted by atomic mass is 16.5. The highest BCUT2D eigenvalue weighted by Crippen LogP contribution is 2.36. The smallest absolute Gasteiger partial charge is 0.251 e. The van der Waals surface area contributed by atoms with Gasteiger partial charge < -0.3 is 15.0 Å². The Morgan fingerprint density at radius 1 is 1.14 bits per heavy atom. The number of hydrogen-bond donors (Lipinski definition) is 1. The van der Waals surface area contributed by atoms with Crippen LogP contribution in [0.4, 0.5) is 0 Å². The molecular weight excluding hydrogens is 366 g/mol. The number of nitrogens with one attached hydrogen (secondary N) is 1. The molecule has 2 fully saturated rings. The summed E-state index contributed by atoms with van der Waals surface area (Å²) in [5.74, 6) is 0.981. The van der Waals surface area contributed by atoms with Gasteiger partial charge >= 0.3 is 0 Å². The van der Waals surface area contributed by atoms with Gasteiger partial charge in [0, 0.05) is 42.5 Å². The third-order valence-corrected chi connectivity index (χ3v) is 6.06. The van der Waals surface area contributed by atoms with E-state index in [1.807, 2.05) is 24.3 Å². The molecule has 6 nitrogen and oxygen atoms in total. The van der Waals surface area contributed by atoms with Gasteiger partial charge in [0.1, 0.15) is 5.75 Å². The van der Waals surface area contributed by atoms with Gasteiger partial charge in [0.05, 0.1) is 7.11 Å². The van der Waals surface area contributed by atoms with Gasteiger partial charge in [0.25, 0.3) is 5.91 Å². The molecule has 2 aliphatic rings. The highest BCUT2D eigenvalue weighted by molar-refractivity contribution is 5.94. The number of ether oxygens (including phenoxy) is 1. The van der Waals surface area contributed by atoms with E-state index in [9.17, 15) is 9.59 Å². The fourth-order valence-corrected chi connectivity index (χ4v) is 4.68. The van der Waals surface area contributed by atoms with Crippen LogP contribution in [0, 0.1) is 0 Å². The van der Waals surface area contributed by atoms with Crippen molar-refractivity contribution in [2.45, 2.75) is 56.7 Å². The number of piperidine rings is 1. The number of amides is 2. The van der Waals surface area contributed by atoms with Crippen molar-refractivity contribution in [3.05, 3.63) is 59.9 Å². The number of rotatable bonds is 6. The monoisotopic (exact) mass is 393 g/mol. The van der Waals surface area contributed by atoms with Crippen LogP contribution in [0.3, 0.4) is 0 Å². The van der Waals surface area contributed by atoms with Crippen LogP contribution in [0.2, 0.25) is 0 Å². The molecule has 2 unspecified atom stereocenters. The molecule has 1 N–H and O–H groups in total. The summed E-state index contributed by atoms with van der Waals surface area (Å²) in [7, 11) is 1.65. The summed E-state index contributed by atoms with van der Waals surface area (Å²) in [5, 5.41) is 3.15. The van der Waals surface area contributed by atoms with Gasteiger partial charge in [0.2, 0.25) is 5.91 Å². The lowest BCUT2D eigenvalue weighted by Crippen LogP contribution is -2.52. The third kappa shape index (κ3) is 4.42. The first kappa shape index (κ1) is 19.4. The second kappa shape index (κ2) is 8.64. The summed E-state index contributed by atoms with van der Waals surface area (Å²) in [5.41, 5.74) is 1.74. The minimum absolute atomic E-state index is 0.0606. The van der Waals surface area contributed by atoms with Gasteiger partial charge in [-0.05, 0) is 61.9 Å². The zero-order valence-corrected chi connectivity index (χ0v) is 16.7. The molecule has 2 saturated heterocycles. The van der Waals surface area contributed by atoms with Crippen molar-refractivity contribution in [2.24, 2.45) is 0 Å². The van der Waals surface area contributed by atoms with Crippen molar-refractivity contribution in [1.29, 1.82) is 0 Å². The lowest BCUT2D eigenvalue weighted by Gasteiger charge is -2.39. The number of hydrogen-bond acceptors (Lipinski definition) is 4. The molecule has 2 bridgehead atoms. The summed E-state index contributed by atoms with van der Waals surface area (Å²) in [6.07, 6.45) is 8.19. The molecule has 0 saturated carbocycles. The van der Waals surface area contributed by atoms with Crippen molar-refractivity contribution in [3.8, 4) is 5.75 Å². The molecule has 1 aromatic heterocycles. The number of methoxy groups -OCH3 is 1. The quantitative estimate of drug-likeness (QED) is 0.819. The largest absolute Gasteiger partial charge is 0.497 e. The van der Waals surface area contributed by atoms with Crippen molar-refractivity contribution < 1.29 is 14.3 Å². The lowest BCUT2D eigenvalue weighted by atomic mass is 9.96. The Morgan fingerprint density at radius 3 is 2.55 bits per heavy atom. The maximum absolute atomic E-state index is 12.9. The molecule has 2 aliphatic heterocycles. The van der Waals surface area contributed by atoms with Crippen LogP contribution in [-0.2, 0) is 11.2 Å². The fourth-order valence-electron chi connectivity index (χ4n) is 4.68. The molecular formula is C23H27N3O3. The van der Waals surface area contributed by atoms with E-state index in [1.165, 1.54) is 0 Å². The summed E-state index contributed by atoms with van der Waals surface area (Å²) in [6, 6.07) is 11.9. The van der Waals surface area contributed by atoms with E-state index in [0.717, 1.165) is 37.0 Å². The van der Waals surface area contributed by atoms with Gasteiger partial charge in [0.15, 0.2) is 0 Å². The average Bonchev–Trinajstić information content (AvgIpc) is 3.03. The van der Waals surface area contributed by atoms with Crippen molar-refractivity contribution >= 4 is 11.8 Å². The highest BCUT2D eigenvalue weighted by Gasteiger charge is 2.43. The van der Waals surface area contributed by atoms with E-state index in [1.54, 1.807) is 31.6 Å². The zero-order chi connectivity index (χ0) is 20.2. The molecule has 29 heavy (non-hydrogen) atoms. The molecule has 1 aromatic carbocycles. The van der Waals surface area contributed by atoms with Crippen molar-refractivity contribution in [3.63, 3.8) is 0 Å². The Hall–Kier alpha value is -2.89. The maximum atomic E-state index is 12.9. The van der Waals surface area contributed by atoms with Crippen LogP contribution in [0.1, 0.15) is 48.0 Å². The Bertz CT molecular complexity index is 857. The Morgan fingerprint density at radius 2 is 1.86 bits per heavy atom. The van der Waals surface area contributed by atoms with Crippen LogP contribution >= 0.6 is 0 Å². The predicted molar refractivity (Wildman–Crippen MR) is 110 cm³/mol. The maximum Gasteiger partial charge on any atom is 0.251 e. The second-order valence-corrected chi connectivity index (χ2v) is 7.92. The van der Waals surface area contributed by atoms with Crippen LogP contribution in [0.5, 0.6) is 5.75 Å². The summed E-state index contributed by atoms with van der Waals surface area (Å²) >= 11 is 0. The lowest BCUT2D eigenvalue weighted by molar-refractivity contribution is -0.135. The molecule has 0 radical (unpaired) electrons. The molecule has 6 heteroatoms. The first-order valence-electron chi connectivity index (χ1n) is 10.3. The van der Waals surface area contributed by atoms with Crippen LogP contribution in [0.25, 0.3) is 0 Å². The number of carbonyl (C=O) groups excluding carboxylic acids is 2. The van der Waals surface area contributed by atoms with Crippen LogP contribution < -0.4 is 10.1 Å². The first-order chi connectivity index (χ1) is 14.1. The summed E-state index contributed by atoms with van der Waals surface area (Å²) < 4.78 is 5.26. The molecule has 2 amide bonds. The van der Waals surface area contributed by atoms with E-state index in [4.69, 9.17) is 4.74 Å². The van der Waals surface area contributed by atoms with E-state index in [2.05, 4.69) is 15.2 Å². The number of pyridine rings is 1. The topological polar surface area (TPSA) is 71.5 Å². The number of nitrogens with zero attached hydrogens (tertiary/aromatic N) is 2. The van der Waals surface area contributed by atoms with Gasteiger partial charge in [-0.2, -0.15) is 0 Å². The second-order valence-electron chi connectivity index (χ2n) is 7.92. The fraction of sp³-hybridized carbons (Fsp3) is 0.435. The molecule has 152 valence electrons. The van der Waals surface area contributed by atoms with E-state index in [-0.39, 0.29) is 29.9 Å². The van der Waals surface area contributed by atoms with Crippen molar-refractivity contribution in [2.75, 3.05) is 7.11 Å². The van der Waals surface area contributed by atoms with Crippen molar-refractivity contribution in [1.82, 2.24) is 15.2 Å². The van der Waals surface area contributed by atoms with Gasteiger partial charge in [-0.25, -0.2) is 0 Å². The minimum Gasteiger partial charge on any atom is -0.497 e. The SMILES string of the molecule is COc1cccc(CCC(=O)N2C3CCC2CC(NC(=O)c2ccncc2)C3)c1. The standard InChI is InChI=1S/C23H27N3O3/c1-29-21-4-2-3-16(13-21)5-8-22(27)26-19-6-7-20(26)15-18(14-19)25-23(28)17-9-11-24-12-10-17/h2-4,9-13,18-20H,5-8,14-15H2,1H3,(H,25,28). The van der Waals surface area contributed by atoms with Crippen LogP contribution in [-0.4, -0.2) is 46.9 Å². The minimum atomic E-state index is -0.0606. The number of aryl methyl sites for hydroxylation is 1. The Balaban J connectivity index is 1.33. The van der Waals surface area contributed by atoms with E-state index >= 15 is 0 Å². The number of fused-ring (bicyclic) bond motifs is 2. The van der Waals surface area contributed by atoms with Gasteiger partial charge in [-0.1, -0.05) is 12.1 Å². The zero-order valence-electron chi connectivity index (χ0n) is 16.7.